The van der Waals surface area contributed by atoms with E-state index in [0.717, 1.165) is 23.1 Å². The number of nitrogens with zero attached hydrogens (tertiary/aromatic N) is 2. The lowest BCUT2D eigenvalue weighted by Gasteiger charge is -2.38. The lowest BCUT2D eigenvalue weighted by molar-refractivity contribution is -0.157. The second kappa shape index (κ2) is 7.37. The first-order valence-electron chi connectivity index (χ1n) is 10.1. The highest BCUT2D eigenvalue weighted by molar-refractivity contribution is 5.95. The first-order valence-corrected chi connectivity index (χ1v) is 10.1. The number of fused-ring (bicyclic) bond motifs is 1. The molecule has 5 rings (SSSR count). The molecule has 3 heterocycles. The monoisotopic (exact) mass is 389 g/mol. The van der Waals surface area contributed by atoms with E-state index in [2.05, 4.69) is 29.2 Å². The highest BCUT2D eigenvalue weighted by Crippen LogP contribution is 2.25. The number of benzene rings is 2. The van der Waals surface area contributed by atoms with Gasteiger partial charge in [0.1, 0.15) is 6.10 Å². The van der Waals surface area contributed by atoms with Gasteiger partial charge in [-0.1, -0.05) is 18.2 Å². The van der Waals surface area contributed by atoms with E-state index in [0.29, 0.717) is 38.3 Å². The third-order valence-electron chi connectivity index (χ3n) is 5.87. The van der Waals surface area contributed by atoms with E-state index >= 15 is 0 Å². The average molecular weight is 389 g/mol. The van der Waals surface area contributed by atoms with Crippen molar-refractivity contribution in [2.24, 2.45) is 0 Å². The normalized spacial score (nSPS) is 19.2. The van der Waals surface area contributed by atoms with Gasteiger partial charge in [0.2, 0.25) is 0 Å². The maximum atomic E-state index is 12.9. The Morgan fingerprint density at radius 2 is 1.59 bits per heavy atom. The summed E-state index contributed by atoms with van der Waals surface area (Å²) in [5.74, 6) is 0.0803. The minimum Gasteiger partial charge on any atom is -0.368 e. The minimum atomic E-state index is -0.268. The minimum absolute atomic E-state index is 0.0182. The number of H-pyrrole nitrogens is 1. The van der Waals surface area contributed by atoms with E-state index < -0.39 is 0 Å². The van der Waals surface area contributed by atoms with Crippen LogP contribution in [-0.2, 0) is 9.53 Å². The van der Waals surface area contributed by atoms with Crippen molar-refractivity contribution < 1.29 is 14.3 Å². The summed E-state index contributed by atoms with van der Waals surface area (Å²) in [7, 11) is 0. The van der Waals surface area contributed by atoms with Crippen LogP contribution in [0.1, 0.15) is 16.8 Å². The summed E-state index contributed by atoms with van der Waals surface area (Å²) in [6.07, 6.45) is 2.47. The Labute approximate surface area is 169 Å². The lowest BCUT2D eigenvalue weighted by Crippen LogP contribution is -2.54. The van der Waals surface area contributed by atoms with Crippen molar-refractivity contribution >= 4 is 22.7 Å². The molecule has 148 valence electrons. The highest BCUT2D eigenvalue weighted by Gasteiger charge is 2.33. The molecule has 0 aliphatic carbocycles. The van der Waals surface area contributed by atoms with Crippen molar-refractivity contribution in [3.8, 4) is 11.1 Å². The molecule has 0 spiro atoms. The molecule has 2 aliphatic rings. The zero-order valence-electron chi connectivity index (χ0n) is 16.1. The standard InChI is InChI=1S/C23H23N3O3/c27-22(25-10-12-26(13-11-25)23(28)21-8-14-29-21)17-3-1-16(2-4-17)18-5-6-20-19(15-18)7-9-24-20/h1-7,9,15,21,24H,8,10-14H2. The van der Waals surface area contributed by atoms with Crippen LogP contribution < -0.4 is 0 Å². The quantitative estimate of drug-likeness (QED) is 0.749. The molecule has 0 radical (unpaired) electrons. The smallest absolute Gasteiger partial charge is 0.253 e. The third-order valence-corrected chi connectivity index (χ3v) is 5.87. The predicted molar refractivity (Wildman–Crippen MR) is 111 cm³/mol. The number of carbonyl (C=O) groups excluding carboxylic acids is 2. The summed E-state index contributed by atoms with van der Waals surface area (Å²) in [4.78, 5) is 32.0. The Hall–Kier alpha value is -3.12. The second-order valence-corrected chi connectivity index (χ2v) is 7.62. The largest absolute Gasteiger partial charge is 0.368 e. The second-order valence-electron chi connectivity index (χ2n) is 7.62. The van der Waals surface area contributed by atoms with Crippen LogP contribution in [0.2, 0.25) is 0 Å². The van der Waals surface area contributed by atoms with Gasteiger partial charge < -0.3 is 19.5 Å². The average Bonchev–Trinajstić information content (AvgIpc) is 3.20. The maximum absolute atomic E-state index is 12.9. The zero-order valence-corrected chi connectivity index (χ0v) is 16.1. The number of aromatic amines is 1. The maximum Gasteiger partial charge on any atom is 0.253 e. The van der Waals surface area contributed by atoms with Gasteiger partial charge >= 0.3 is 0 Å². The van der Waals surface area contributed by atoms with Crippen molar-refractivity contribution in [2.75, 3.05) is 32.8 Å². The van der Waals surface area contributed by atoms with Crippen molar-refractivity contribution in [3.05, 3.63) is 60.3 Å². The zero-order chi connectivity index (χ0) is 19.8. The number of ether oxygens (including phenoxy) is 1. The van der Waals surface area contributed by atoms with E-state index in [4.69, 9.17) is 4.74 Å². The number of amides is 2. The summed E-state index contributed by atoms with van der Waals surface area (Å²) in [5, 5.41) is 1.17. The molecule has 1 aromatic heterocycles. The molecular weight excluding hydrogens is 366 g/mol. The van der Waals surface area contributed by atoms with Gasteiger partial charge in [-0.3, -0.25) is 9.59 Å². The van der Waals surface area contributed by atoms with E-state index in [1.807, 2.05) is 40.3 Å². The molecule has 1 unspecified atom stereocenters. The third kappa shape index (κ3) is 3.40. The molecule has 29 heavy (non-hydrogen) atoms. The van der Waals surface area contributed by atoms with Gasteiger partial charge in [0.25, 0.3) is 11.8 Å². The number of hydrogen-bond acceptors (Lipinski definition) is 3. The molecule has 1 N–H and O–H groups in total. The summed E-state index contributed by atoms with van der Waals surface area (Å²) in [6.45, 7) is 2.93. The molecule has 1 atom stereocenters. The summed E-state index contributed by atoms with van der Waals surface area (Å²) in [6, 6.07) is 16.1. The van der Waals surface area contributed by atoms with Crippen LogP contribution in [-0.4, -0.2) is 65.5 Å². The molecule has 3 aromatic rings. The van der Waals surface area contributed by atoms with E-state index in [-0.39, 0.29) is 17.9 Å². The Morgan fingerprint density at radius 3 is 2.28 bits per heavy atom. The molecule has 2 aromatic carbocycles. The number of rotatable bonds is 3. The number of piperazine rings is 1. The van der Waals surface area contributed by atoms with Crippen molar-refractivity contribution in [3.63, 3.8) is 0 Å². The number of aromatic nitrogens is 1. The van der Waals surface area contributed by atoms with Gasteiger partial charge in [-0.05, 0) is 46.8 Å². The van der Waals surface area contributed by atoms with Gasteiger partial charge in [-0.15, -0.1) is 0 Å². The van der Waals surface area contributed by atoms with Crippen molar-refractivity contribution in [1.29, 1.82) is 0 Å². The van der Waals surface area contributed by atoms with E-state index in [1.165, 1.54) is 5.39 Å². The Morgan fingerprint density at radius 1 is 0.897 bits per heavy atom. The molecule has 0 saturated carbocycles. The fraction of sp³-hybridized carbons (Fsp3) is 0.304. The fourth-order valence-corrected chi connectivity index (χ4v) is 3.98. The van der Waals surface area contributed by atoms with Crippen LogP contribution in [0, 0.1) is 0 Å². The van der Waals surface area contributed by atoms with Crippen LogP contribution >= 0.6 is 0 Å². The summed E-state index contributed by atoms with van der Waals surface area (Å²) < 4.78 is 5.28. The number of hydrogen-bond donors (Lipinski definition) is 1. The number of nitrogens with one attached hydrogen (secondary N) is 1. The Balaban J connectivity index is 1.24. The first-order chi connectivity index (χ1) is 14.2. The molecule has 2 fully saturated rings. The van der Waals surface area contributed by atoms with Crippen molar-refractivity contribution in [1.82, 2.24) is 14.8 Å². The van der Waals surface area contributed by atoms with Crippen molar-refractivity contribution in [2.45, 2.75) is 12.5 Å². The number of carbonyl (C=O) groups is 2. The molecule has 2 aliphatic heterocycles. The van der Waals surface area contributed by atoms with Crippen LogP contribution in [0.4, 0.5) is 0 Å². The highest BCUT2D eigenvalue weighted by atomic mass is 16.5. The van der Waals surface area contributed by atoms with Crippen LogP contribution in [0.25, 0.3) is 22.0 Å². The Kier molecular flexibility index (Phi) is 4.56. The van der Waals surface area contributed by atoms with Gasteiger partial charge in [0.05, 0.1) is 6.61 Å². The van der Waals surface area contributed by atoms with Gasteiger partial charge in [-0.2, -0.15) is 0 Å². The molecule has 6 heteroatoms. The lowest BCUT2D eigenvalue weighted by atomic mass is 10.0. The molecule has 6 nitrogen and oxygen atoms in total. The van der Waals surface area contributed by atoms with Gasteiger partial charge in [0.15, 0.2) is 0 Å². The van der Waals surface area contributed by atoms with Crippen LogP contribution in [0.3, 0.4) is 0 Å². The molecule has 0 bridgehead atoms. The SMILES string of the molecule is O=C(c1ccc(-c2ccc3[nH]ccc3c2)cc1)N1CCN(C(=O)C2CCO2)CC1. The van der Waals surface area contributed by atoms with Gasteiger partial charge in [0, 0.05) is 49.9 Å². The molecular formula is C23H23N3O3. The summed E-state index contributed by atoms with van der Waals surface area (Å²) in [5.41, 5.74) is 4.00. The fourth-order valence-electron chi connectivity index (χ4n) is 3.98. The summed E-state index contributed by atoms with van der Waals surface area (Å²) >= 11 is 0. The predicted octanol–water partition coefficient (Wildman–Crippen LogP) is 2.91. The van der Waals surface area contributed by atoms with E-state index in [9.17, 15) is 9.59 Å². The first kappa shape index (κ1) is 17.9. The van der Waals surface area contributed by atoms with Crippen LogP contribution in [0.5, 0.6) is 0 Å². The molecule has 2 amide bonds. The van der Waals surface area contributed by atoms with Crippen LogP contribution in [0.15, 0.2) is 54.7 Å². The van der Waals surface area contributed by atoms with Gasteiger partial charge in [-0.25, -0.2) is 0 Å². The Bertz CT molecular complexity index is 1040. The topological polar surface area (TPSA) is 65.6 Å². The molecule has 2 saturated heterocycles. The van der Waals surface area contributed by atoms with E-state index in [1.54, 1.807) is 0 Å².